The second kappa shape index (κ2) is 5.89. The molecule has 0 saturated carbocycles. The van der Waals surface area contributed by atoms with Gasteiger partial charge in [0.15, 0.2) is 0 Å². The van der Waals surface area contributed by atoms with E-state index in [0.717, 1.165) is 11.2 Å². The first-order chi connectivity index (χ1) is 12.2. The van der Waals surface area contributed by atoms with Crippen molar-refractivity contribution in [2.45, 2.75) is 6.04 Å². The van der Waals surface area contributed by atoms with Crippen LogP contribution in [0.15, 0.2) is 36.7 Å². The normalized spacial score (nSPS) is 14.0. The van der Waals surface area contributed by atoms with Gasteiger partial charge in [0.05, 0.1) is 59.2 Å². The minimum atomic E-state index is -0.543. The number of pyridine rings is 1. The fraction of sp³-hybridized carbons (Fsp3) is 0.176. The van der Waals surface area contributed by atoms with E-state index in [2.05, 4.69) is 21.5 Å². The van der Waals surface area contributed by atoms with Crippen molar-refractivity contribution in [3.8, 4) is 17.5 Å². The molecule has 3 N–H and O–H groups in total. The van der Waals surface area contributed by atoms with E-state index in [-0.39, 0.29) is 6.04 Å². The third kappa shape index (κ3) is 2.66. The van der Waals surface area contributed by atoms with Gasteiger partial charge in [-0.3, -0.25) is 9.78 Å². The van der Waals surface area contributed by atoms with E-state index in [9.17, 15) is 4.79 Å². The van der Waals surface area contributed by atoms with Crippen LogP contribution in [0, 0.1) is 11.3 Å². The van der Waals surface area contributed by atoms with Gasteiger partial charge >= 0.3 is 0 Å². The monoisotopic (exact) mass is 334 g/mol. The molecule has 1 fully saturated rings. The van der Waals surface area contributed by atoms with Crippen molar-refractivity contribution >= 4 is 17.1 Å². The van der Waals surface area contributed by atoms with E-state index in [4.69, 9.17) is 15.7 Å². The molecule has 0 radical (unpaired) electrons. The maximum Gasteiger partial charge on any atom is 0.252 e. The van der Waals surface area contributed by atoms with Gasteiger partial charge in [0.25, 0.3) is 5.91 Å². The molecule has 3 aromatic rings. The van der Waals surface area contributed by atoms with E-state index in [1.54, 1.807) is 16.6 Å². The summed E-state index contributed by atoms with van der Waals surface area (Å²) in [6.45, 7) is 1.17. The fourth-order valence-corrected chi connectivity index (χ4v) is 2.70. The second-order valence-corrected chi connectivity index (χ2v) is 5.77. The van der Waals surface area contributed by atoms with Gasteiger partial charge in [-0.25, -0.2) is 4.52 Å². The minimum Gasteiger partial charge on any atom is -0.377 e. The molecule has 0 aromatic carbocycles. The molecule has 1 aliphatic heterocycles. The summed E-state index contributed by atoms with van der Waals surface area (Å²) in [5, 5.41) is 16.5. The molecule has 3 aromatic heterocycles. The van der Waals surface area contributed by atoms with Gasteiger partial charge in [-0.05, 0) is 24.3 Å². The maximum atomic E-state index is 11.7. The minimum absolute atomic E-state index is 0.147. The Morgan fingerprint density at radius 1 is 1.36 bits per heavy atom. The van der Waals surface area contributed by atoms with Crippen molar-refractivity contribution in [1.82, 2.24) is 14.6 Å². The molecule has 4 rings (SSSR count). The number of carbonyl (C=O) groups excluding carboxylic acids is 1. The van der Waals surface area contributed by atoms with E-state index < -0.39 is 5.91 Å². The summed E-state index contributed by atoms with van der Waals surface area (Å²) in [6.07, 6.45) is 2.96. The molecule has 0 aliphatic carbocycles. The number of amides is 1. The highest BCUT2D eigenvalue weighted by Crippen LogP contribution is 2.26. The third-order valence-corrected chi connectivity index (χ3v) is 4.06. The summed E-state index contributed by atoms with van der Waals surface area (Å²) in [4.78, 5) is 16.0. The molecule has 25 heavy (non-hydrogen) atoms. The summed E-state index contributed by atoms with van der Waals surface area (Å²) < 4.78 is 6.85. The van der Waals surface area contributed by atoms with Crippen LogP contribution in [0.5, 0.6) is 0 Å². The highest BCUT2D eigenvalue weighted by Gasteiger charge is 2.21. The number of aromatic nitrogens is 3. The van der Waals surface area contributed by atoms with Crippen LogP contribution in [0.25, 0.3) is 16.9 Å². The van der Waals surface area contributed by atoms with Gasteiger partial charge < -0.3 is 15.8 Å². The molecule has 1 amide bonds. The van der Waals surface area contributed by atoms with Crippen LogP contribution in [-0.2, 0) is 4.74 Å². The van der Waals surface area contributed by atoms with Crippen molar-refractivity contribution in [2.75, 3.05) is 18.5 Å². The van der Waals surface area contributed by atoms with Crippen LogP contribution in [-0.4, -0.2) is 39.8 Å². The van der Waals surface area contributed by atoms with Gasteiger partial charge in [0.2, 0.25) is 0 Å². The third-order valence-electron chi connectivity index (χ3n) is 4.06. The standard InChI is InChI=1S/C17H14N6O2/c18-5-10-3-12-1-2-16(23(12)21-6-10)15-4-14(22-11-8-25-9-11)13(7-20-15)17(19)24/h1-4,6-7,11H,8-9H2,(H2,19,24)(H,20,22). The fourth-order valence-electron chi connectivity index (χ4n) is 2.70. The number of fused-ring (bicyclic) bond motifs is 1. The lowest BCUT2D eigenvalue weighted by Gasteiger charge is -2.28. The maximum absolute atomic E-state index is 11.7. The van der Waals surface area contributed by atoms with Crippen LogP contribution in [0.2, 0.25) is 0 Å². The molecule has 0 unspecified atom stereocenters. The average molecular weight is 334 g/mol. The van der Waals surface area contributed by atoms with Crippen LogP contribution in [0.3, 0.4) is 0 Å². The predicted octanol–water partition coefficient (Wildman–Crippen LogP) is 1.18. The summed E-state index contributed by atoms with van der Waals surface area (Å²) in [7, 11) is 0. The Kier molecular flexibility index (Phi) is 3.56. The second-order valence-electron chi connectivity index (χ2n) is 5.77. The first-order valence-corrected chi connectivity index (χ1v) is 7.68. The molecule has 8 heteroatoms. The Labute approximate surface area is 142 Å². The molecule has 1 saturated heterocycles. The van der Waals surface area contributed by atoms with E-state index in [1.807, 2.05) is 12.1 Å². The SMILES string of the molecule is N#Cc1cnn2c(-c3cc(NC4COC4)c(C(N)=O)cn3)ccc2c1. The number of rotatable bonds is 4. The van der Waals surface area contributed by atoms with Crippen LogP contribution >= 0.6 is 0 Å². The molecule has 8 nitrogen and oxygen atoms in total. The van der Waals surface area contributed by atoms with Gasteiger partial charge in [-0.15, -0.1) is 0 Å². The average Bonchev–Trinajstić information content (AvgIpc) is 3.00. The topological polar surface area (TPSA) is 118 Å². The zero-order valence-electron chi connectivity index (χ0n) is 13.1. The lowest BCUT2D eigenvalue weighted by atomic mass is 10.1. The van der Waals surface area contributed by atoms with Crippen LogP contribution < -0.4 is 11.1 Å². The van der Waals surface area contributed by atoms with Crippen molar-refractivity contribution < 1.29 is 9.53 Å². The number of hydrogen-bond donors (Lipinski definition) is 2. The highest BCUT2D eigenvalue weighted by atomic mass is 16.5. The number of hydrogen-bond acceptors (Lipinski definition) is 6. The zero-order chi connectivity index (χ0) is 17.4. The van der Waals surface area contributed by atoms with Crippen molar-refractivity contribution in [3.63, 3.8) is 0 Å². The van der Waals surface area contributed by atoms with Crippen molar-refractivity contribution in [3.05, 3.63) is 47.8 Å². The molecular weight excluding hydrogens is 320 g/mol. The van der Waals surface area contributed by atoms with Gasteiger partial charge in [-0.2, -0.15) is 10.4 Å². The number of carbonyl (C=O) groups is 1. The van der Waals surface area contributed by atoms with Crippen molar-refractivity contribution in [1.29, 1.82) is 5.26 Å². The van der Waals surface area contributed by atoms with Crippen LogP contribution in [0.1, 0.15) is 15.9 Å². The van der Waals surface area contributed by atoms with Crippen molar-refractivity contribution in [2.24, 2.45) is 5.73 Å². The summed E-state index contributed by atoms with van der Waals surface area (Å²) in [5.41, 5.74) is 9.07. The Bertz CT molecular complexity index is 1020. The molecule has 124 valence electrons. The number of nitrogens with two attached hydrogens (primary N) is 1. The number of anilines is 1. The smallest absolute Gasteiger partial charge is 0.252 e. The Morgan fingerprint density at radius 2 is 2.20 bits per heavy atom. The molecule has 0 spiro atoms. The Morgan fingerprint density at radius 3 is 2.88 bits per heavy atom. The molecular formula is C17H14N6O2. The Balaban J connectivity index is 1.78. The zero-order valence-corrected chi connectivity index (χ0v) is 13.1. The van der Waals surface area contributed by atoms with Gasteiger partial charge in [-0.1, -0.05) is 0 Å². The Hall–Kier alpha value is -3.44. The largest absolute Gasteiger partial charge is 0.377 e. The first kappa shape index (κ1) is 15.1. The number of primary amides is 1. The number of nitrogens with zero attached hydrogens (tertiary/aromatic N) is 4. The molecule has 0 atom stereocenters. The summed E-state index contributed by atoms with van der Waals surface area (Å²) in [6, 6.07) is 9.47. The highest BCUT2D eigenvalue weighted by molar-refractivity contribution is 5.98. The van der Waals surface area contributed by atoms with E-state index in [1.165, 1.54) is 12.4 Å². The quantitative estimate of drug-likeness (QED) is 0.739. The lowest BCUT2D eigenvalue weighted by Crippen LogP contribution is -2.40. The number of nitriles is 1. The molecule has 1 aliphatic rings. The van der Waals surface area contributed by atoms with E-state index in [0.29, 0.717) is 35.7 Å². The lowest BCUT2D eigenvalue weighted by molar-refractivity contribution is 0.0210. The number of nitrogens with one attached hydrogen (secondary N) is 1. The summed E-state index contributed by atoms with van der Waals surface area (Å²) >= 11 is 0. The molecule has 0 bridgehead atoms. The van der Waals surface area contributed by atoms with Gasteiger partial charge in [0.1, 0.15) is 6.07 Å². The predicted molar refractivity (Wildman–Crippen MR) is 89.9 cm³/mol. The van der Waals surface area contributed by atoms with E-state index >= 15 is 0 Å². The first-order valence-electron chi connectivity index (χ1n) is 7.68. The van der Waals surface area contributed by atoms with Gasteiger partial charge in [0, 0.05) is 6.20 Å². The number of ether oxygens (including phenoxy) is 1. The van der Waals surface area contributed by atoms with Crippen LogP contribution in [0.4, 0.5) is 5.69 Å². The summed E-state index contributed by atoms with van der Waals surface area (Å²) in [5.74, 6) is -0.543. The molecule has 4 heterocycles.